The number of benzene rings is 2. The number of carbonyl (C=O) groups is 2. The zero-order chi connectivity index (χ0) is 21.0. The van der Waals surface area contributed by atoms with Gasteiger partial charge < -0.3 is 20.4 Å². The van der Waals surface area contributed by atoms with Gasteiger partial charge in [0.2, 0.25) is 5.91 Å². The van der Waals surface area contributed by atoms with E-state index in [-0.39, 0.29) is 23.8 Å². The van der Waals surface area contributed by atoms with Crippen molar-refractivity contribution < 1.29 is 14.3 Å². The second-order valence-electron chi connectivity index (χ2n) is 7.29. The smallest absolute Gasteiger partial charge is 0.251 e. The number of imidazole rings is 1. The fourth-order valence-corrected chi connectivity index (χ4v) is 3.05. The van der Waals surface area contributed by atoms with Crippen molar-refractivity contribution in [2.24, 2.45) is 5.92 Å². The van der Waals surface area contributed by atoms with Crippen molar-refractivity contribution in [3.63, 3.8) is 0 Å². The van der Waals surface area contributed by atoms with E-state index >= 15 is 0 Å². The quantitative estimate of drug-likeness (QED) is 0.573. The molecule has 3 aromatic rings. The van der Waals surface area contributed by atoms with Gasteiger partial charge in [0.1, 0.15) is 17.6 Å². The molecule has 2 amide bonds. The number of hydrogen-bond acceptors (Lipinski definition) is 4. The lowest BCUT2D eigenvalue weighted by atomic mass is 10.0. The number of amides is 2. The Kier molecular flexibility index (Phi) is 6.16. The molecule has 0 spiro atoms. The van der Waals surface area contributed by atoms with Gasteiger partial charge in [-0.05, 0) is 49.2 Å². The van der Waals surface area contributed by atoms with Crippen LogP contribution in [0.4, 0.5) is 0 Å². The minimum Gasteiger partial charge on any atom is -0.497 e. The van der Waals surface area contributed by atoms with Crippen LogP contribution < -0.4 is 15.4 Å². The molecule has 2 atom stereocenters. The molecule has 152 valence electrons. The molecule has 0 radical (unpaired) electrons. The third-order valence-electron chi connectivity index (χ3n) is 4.76. The molecular weight excluding hydrogens is 368 g/mol. The van der Waals surface area contributed by atoms with E-state index in [1.54, 1.807) is 31.4 Å². The first-order chi connectivity index (χ1) is 13.9. The van der Waals surface area contributed by atoms with Crippen LogP contribution in [0.1, 0.15) is 43.0 Å². The zero-order valence-electron chi connectivity index (χ0n) is 17.0. The number of nitrogens with zero attached hydrogens (tertiary/aromatic N) is 1. The number of fused-ring (bicyclic) bond motifs is 1. The number of para-hydroxylation sites is 2. The Morgan fingerprint density at radius 3 is 2.31 bits per heavy atom. The molecule has 0 aliphatic carbocycles. The maximum atomic E-state index is 12.9. The average Bonchev–Trinajstić information content (AvgIpc) is 3.16. The first-order valence-corrected chi connectivity index (χ1v) is 9.59. The topological polar surface area (TPSA) is 96.1 Å². The highest BCUT2D eigenvalue weighted by Gasteiger charge is 2.26. The predicted molar refractivity (Wildman–Crippen MR) is 112 cm³/mol. The van der Waals surface area contributed by atoms with Crippen LogP contribution >= 0.6 is 0 Å². The van der Waals surface area contributed by atoms with Crippen LogP contribution in [0.2, 0.25) is 0 Å². The Hall–Kier alpha value is -3.35. The van der Waals surface area contributed by atoms with E-state index in [0.29, 0.717) is 17.1 Å². The summed E-state index contributed by atoms with van der Waals surface area (Å²) < 4.78 is 5.11. The Bertz CT molecular complexity index is 962. The Morgan fingerprint density at radius 1 is 1.00 bits per heavy atom. The van der Waals surface area contributed by atoms with E-state index in [9.17, 15) is 9.59 Å². The van der Waals surface area contributed by atoms with Gasteiger partial charge >= 0.3 is 0 Å². The lowest BCUT2D eigenvalue weighted by Gasteiger charge is -2.23. The van der Waals surface area contributed by atoms with E-state index in [1.165, 1.54) is 0 Å². The lowest BCUT2D eigenvalue weighted by Crippen LogP contribution is -2.50. The van der Waals surface area contributed by atoms with Gasteiger partial charge in [0.05, 0.1) is 24.2 Å². The van der Waals surface area contributed by atoms with Crippen LogP contribution in [0.3, 0.4) is 0 Å². The fraction of sp³-hybridized carbons (Fsp3) is 0.318. The molecule has 2 aromatic carbocycles. The number of nitrogens with one attached hydrogen (secondary N) is 3. The predicted octanol–water partition coefficient (Wildman–Crippen LogP) is 3.20. The first kappa shape index (κ1) is 20.4. The molecule has 0 saturated heterocycles. The van der Waals surface area contributed by atoms with E-state index in [4.69, 9.17) is 4.74 Å². The van der Waals surface area contributed by atoms with Gasteiger partial charge in [0.15, 0.2) is 0 Å². The van der Waals surface area contributed by atoms with Crippen LogP contribution in [-0.2, 0) is 4.79 Å². The van der Waals surface area contributed by atoms with E-state index in [2.05, 4.69) is 20.6 Å². The molecule has 1 heterocycles. The van der Waals surface area contributed by atoms with Gasteiger partial charge in [-0.3, -0.25) is 9.59 Å². The number of methoxy groups -OCH3 is 1. The minimum absolute atomic E-state index is 0.0833. The molecule has 3 N–H and O–H groups in total. The van der Waals surface area contributed by atoms with Crippen LogP contribution in [0.25, 0.3) is 11.0 Å². The standard InChI is InChI=1S/C22H26N4O3/c1-13(2)19(26-21(27)15-9-11-16(29-4)12-10-15)22(28)23-14(3)20-24-17-7-5-6-8-18(17)25-20/h5-14,19H,1-4H3,(H,23,28)(H,24,25)(H,26,27). The molecule has 7 heteroatoms. The SMILES string of the molecule is COc1ccc(C(=O)NC(C(=O)NC(C)c2nc3ccccc3[nH]2)C(C)C)cc1. The number of aromatic amines is 1. The molecule has 7 nitrogen and oxygen atoms in total. The number of hydrogen-bond donors (Lipinski definition) is 3. The molecule has 2 unspecified atom stereocenters. The number of H-pyrrole nitrogens is 1. The van der Waals surface area contributed by atoms with Crippen molar-refractivity contribution in [1.29, 1.82) is 0 Å². The van der Waals surface area contributed by atoms with Crippen molar-refractivity contribution in [2.75, 3.05) is 7.11 Å². The van der Waals surface area contributed by atoms with E-state index in [0.717, 1.165) is 11.0 Å². The maximum absolute atomic E-state index is 12.9. The Labute approximate surface area is 169 Å². The zero-order valence-corrected chi connectivity index (χ0v) is 17.0. The summed E-state index contributed by atoms with van der Waals surface area (Å²) in [5.74, 6) is 0.690. The van der Waals surface area contributed by atoms with Crippen LogP contribution in [0.15, 0.2) is 48.5 Å². The van der Waals surface area contributed by atoms with Crippen molar-refractivity contribution in [1.82, 2.24) is 20.6 Å². The van der Waals surface area contributed by atoms with Crippen molar-refractivity contribution >= 4 is 22.8 Å². The molecule has 1 aromatic heterocycles. The molecule has 29 heavy (non-hydrogen) atoms. The molecule has 0 aliphatic heterocycles. The summed E-state index contributed by atoms with van der Waals surface area (Å²) in [6.07, 6.45) is 0. The molecule has 3 rings (SSSR count). The van der Waals surface area contributed by atoms with Crippen LogP contribution in [0.5, 0.6) is 5.75 Å². The molecule has 0 bridgehead atoms. The van der Waals surface area contributed by atoms with Crippen LogP contribution in [0, 0.1) is 5.92 Å². The van der Waals surface area contributed by atoms with Gasteiger partial charge in [-0.1, -0.05) is 26.0 Å². The lowest BCUT2D eigenvalue weighted by molar-refractivity contribution is -0.124. The summed E-state index contributed by atoms with van der Waals surface area (Å²) >= 11 is 0. The van der Waals surface area contributed by atoms with Gasteiger partial charge in [0, 0.05) is 5.56 Å². The summed E-state index contributed by atoms with van der Waals surface area (Å²) in [6, 6.07) is 13.5. The van der Waals surface area contributed by atoms with Crippen molar-refractivity contribution in [3.8, 4) is 5.75 Å². The largest absolute Gasteiger partial charge is 0.497 e. The highest BCUT2D eigenvalue weighted by Crippen LogP contribution is 2.16. The summed E-state index contributed by atoms with van der Waals surface area (Å²) in [4.78, 5) is 33.2. The summed E-state index contributed by atoms with van der Waals surface area (Å²) in [5, 5.41) is 5.78. The third-order valence-corrected chi connectivity index (χ3v) is 4.76. The maximum Gasteiger partial charge on any atom is 0.251 e. The molecule has 0 aliphatic rings. The van der Waals surface area contributed by atoms with Crippen molar-refractivity contribution in [2.45, 2.75) is 32.9 Å². The number of rotatable bonds is 7. The van der Waals surface area contributed by atoms with Gasteiger partial charge in [-0.2, -0.15) is 0 Å². The Balaban J connectivity index is 1.68. The van der Waals surface area contributed by atoms with E-state index < -0.39 is 6.04 Å². The molecule has 0 saturated carbocycles. The number of carbonyl (C=O) groups excluding carboxylic acids is 2. The first-order valence-electron chi connectivity index (χ1n) is 9.59. The minimum atomic E-state index is -0.670. The second kappa shape index (κ2) is 8.77. The number of aromatic nitrogens is 2. The monoisotopic (exact) mass is 394 g/mol. The van der Waals surface area contributed by atoms with Gasteiger partial charge in [-0.15, -0.1) is 0 Å². The van der Waals surface area contributed by atoms with E-state index in [1.807, 2.05) is 45.0 Å². The Morgan fingerprint density at radius 2 is 1.69 bits per heavy atom. The third kappa shape index (κ3) is 4.74. The fourth-order valence-electron chi connectivity index (χ4n) is 3.05. The molecular formula is C22H26N4O3. The van der Waals surface area contributed by atoms with Crippen molar-refractivity contribution in [3.05, 3.63) is 59.9 Å². The highest BCUT2D eigenvalue weighted by molar-refractivity contribution is 5.97. The normalized spacial score (nSPS) is 13.1. The average molecular weight is 394 g/mol. The molecule has 0 fully saturated rings. The second-order valence-corrected chi connectivity index (χ2v) is 7.29. The summed E-state index contributed by atoms with van der Waals surface area (Å²) in [6.45, 7) is 5.65. The van der Waals surface area contributed by atoms with Gasteiger partial charge in [0.25, 0.3) is 5.91 Å². The summed E-state index contributed by atoms with van der Waals surface area (Å²) in [5.41, 5.74) is 2.23. The van der Waals surface area contributed by atoms with Gasteiger partial charge in [-0.25, -0.2) is 4.98 Å². The van der Waals surface area contributed by atoms with Crippen LogP contribution in [-0.4, -0.2) is 34.9 Å². The number of ether oxygens (including phenoxy) is 1. The summed E-state index contributed by atoms with van der Waals surface area (Å²) in [7, 11) is 1.57. The highest BCUT2D eigenvalue weighted by atomic mass is 16.5.